The topological polar surface area (TPSA) is 58.4 Å². The number of rotatable bonds is 5. The van der Waals surface area contributed by atoms with Crippen molar-refractivity contribution in [2.24, 2.45) is 11.7 Å². The molecule has 0 bridgehead atoms. The number of nitrogens with two attached hydrogens (primary N) is 1. The molecular weight excluding hydrogens is 298 g/mol. The SMILES string of the molecule is CC(NC(=O)C1(N)CCCCC1)C1CCN(Cc2ccccc2)C1. The van der Waals surface area contributed by atoms with Crippen LogP contribution in [-0.4, -0.2) is 35.5 Å². The number of hydrogen-bond acceptors (Lipinski definition) is 3. The molecule has 0 spiro atoms. The van der Waals surface area contributed by atoms with Crippen LogP contribution in [0, 0.1) is 5.92 Å². The Hall–Kier alpha value is -1.39. The lowest BCUT2D eigenvalue weighted by Gasteiger charge is -2.34. The van der Waals surface area contributed by atoms with Crippen LogP contribution in [0.2, 0.25) is 0 Å². The fraction of sp³-hybridized carbons (Fsp3) is 0.650. The van der Waals surface area contributed by atoms with Gasteiger partial charge in [-0.2, -0.15) is 0 Å². The van der Waals surface area contributed by atoms with Crippen molar-refractivity contribution in [2.45, 2.75) is 63.6 Å². The zero-order valence-electron chi connectivity index (χ0n) is 14.8. The van der Waals surface area contributed by atoms with Gasteiger partial charge < -0.3 is 11.1 Å². The number of likely N-dealkylation sites (tertiary alicyclic amines) is 1. The standard InChI is InChI=1S/C20H31N3O/c1-16(22-19(24)20(21)11-6-3-7-12-20)18-10-13-23(15-18)14-17-8-4-2-5-9-17/h2,4-5,8-9,16,18H,3,6-7,10-15,21H2,1H3,(H,22,24). The summed E-state index contributed by atoms with van der Waals surface area (Å²) >= 11 is 0. The predicted octanol–water partition coefficient (Wildman–Crippen LogP) is 2.67. The second-order valence-electron chi connectivity index (χ2n) is 7.75. The molecule has 2 aliphatic rings. The van der Waals surface area contributed by atoms with Crippen molar-refractivity contribution in [3.63, 3.8) is 0 Å². The van der Waals surface area contributed by atoms with Crippen molar-refractivity contribution in [1.82, 2.24) is 10.2 Å². The Morgan fingerprint density at radius 3 is 2.71 bits per heavy atom. The molecule has 1 aromatic carbocycles. The fourth-order valence-electron chi connectivity index (χ4n) is 4.13. The molecule has 1 aromatic rings. The lowest BCUT2D eigenvalue weighted by atomic mass is 9.81. The van der Waals surface area contributed by atoms with Crippen LogP contribution in [0.4, 0.5) is 0 Å². The maximum Gasteiger partial charge on any atom is 0.240 e. The molecule has 1 heterocycles. The molecule has 1 saturated heterocycles. The molecule has 1 saturated carbocycles. The summed E-state index contributed by atoms with van der Waals surface area (Å²) in [5.74, 6) is 0.584. The Labute approximate surface area is 145 Å². The number of amides is 1. The van der Waals surface area contributed by atoms with E-state index in [0.717, 1.165) is 51.7 Å². The van der Waals surface area contributed by atoms with Gasteiger partial charge in [0.25, 0.3) is 0 Å². The molecule has 2 atom stereocenters. The summed E-state index contributed by atoms with van der Waals surface area (Å²) in [6.45, 7) is 5.29. The van der Waals surface area contributed by atoms with Crippen molar-refractivity contribution in [3.8, 4) is 0 Å². The number of hydrogen-bond donors (Lipinski definition) is 2. The van der Waals surface area contributed by atoms with Crippen LogP contribution in [-0.2, 0) is 11.3 Å². The van der Waals surface area contributed by atoms with Gasteiger partial charge in [-0.05, 0) is 44.2 Å². The molecule has 4 nitrogen and oxygen atoms in total. The quantitative estimate of drug-likeness (QED) is 0.873. The maximum atomic E-state index is 12.6. The summed E-state index contributed by atoms with van der Waals surface area (Å²) in [4.78, 5) is 15.1. The molecule has 3 rings (SSSR count). The third-order valence-corrected chi connectivity index (χ3v) is 5.82. The predicted molar refractivity (Wildman–Crippen MR) is 97.4 cm³/mol. The Morgan fingerprint density at radius 1 is 1.29 bits per heavy atom. The normalized spacial score (nSPS) is 25.3. The third kappa shape index (κ3) is 4.17. The van der Waals surface area contributed by atoms with E-state index in [1.54, 1.807) is 0 Å². The molecule has 2 unspecified atom stereocenters. The second-order valence-corrected chi connectivity index (χ2v) is 7.75. The first-order chi connectivity index (χ1) is 11.6. The van der Waals surface area contributed by atoms with Crippen LogP contribution in [0.5, 0.6) is 0 Å². The second kappa shape index (κ2) is 7.66. The van der Waals surface area contributed by atoms with Crippen LogP contribution in [0.15, 0.2) is 30.3 Å². The van der Waals surface area contributed by atoms with Crippen molar-refractivity contribution in [1.29, 1.82) is 0 Å². The number of nitrogens with one attached hydrogen (secondary N) is 1. The van der Waals surface area contributed by atoms with Gasteiger partial charge in [0.15, 0.2) is 0 Å². The fourth-order valence-corrected chi connectivity index (χ4v) is 4.13. The van der Waals surface area contributed by atoms with Crippen LogP contribution < -0.4 is 11.1 Å². The molecule has 1 aliphatic heterocycles. The van der Waals surface area contributed by atoms with Gasteiger partial charge >= 0.3 is 0 Å². The summed E-state index contributed by atoms with van der Waals surface area (Å²) in [6.07, 6.45) is 6.16. The zero-order valence-corrected chi connectivity index (χ0v) is 14.8. The maximum absolute atomic E-state index is 12.6. The van der Waals surface area contributed by atoms with Gasteiger partial charge in [-0.1, -0.05) is 49.6 Å². The zero-order chi connectivity index (χ0) is 17.0. The summed E-state index contributed by atoms with van der Waals surface area (Å²) in [7, 11) is 0. The molecule has 0 radical (unpaired) electrons. The lowest BCUT2D eigenvalue weighted by Crippen LogP contribution is -2.57. The molecule has 1 aliphatic carbocycles. The van der Waals surface area contributed by atoms with Gasteiger partial charge in [-0.15, -0.1) is 0 Å². The van der Waals surface area contributed by atoms with Crippen molar-refractivity contribution >= 4 is 5.91 Å². The minimum atomic E-state index is -0.630. The molecule has 2 fully saturated rings. The first kappa shape index (κ1) is 17.4. The average Bonchev–Trinajstić information content (AvgIpc) is 3.05. The van der Waals surface area contributed by atoms with Crippen molar-refractivity contribution in [2.75, 3.05) is 13.1 Å². The number of carbonyl (C=O) groups excluding carboxylic acids is 1. The molecule has 4 heteroatoms. The van der Waals surface area contributed by atoms with Gasteiger partial charge in [0, 0.05) is 19.1 Å². The summed E-state index contributed by atoms with van der Waals surface area (Å²) < 4.78 is 0. The summed E-state index contributed by atoms with van der Waals surface area (Å²) in [5.41, 5.74) is 7.09. The minimum Gasteiger partial charge on any atom is -0.352 e. The molecular formula is C20H31N3O. The highest BCUT2D eigenvalue weighted by Gasteiger charge is 2.37. The van der Waals surface area contributed by atoms with E-state index in [2.05, 4.69) is 47.5 Å². The lowest BCUT2D eigenvalue weighted by molar-refractivity contribution is -0.128. The molecule has 1 amide bonds. The van der Waals surface area contributed by atoms with E-state index in [1.807, 2.05) is 0 Å². The molecule has 3 N–H and O–H groups in total. The van der Waals surface area contributed by atoms with E-state index in [-0.39, 0.29) is 11.9 Å². The van der Waals surface area contributed by atoms with Gasteiger partial charge in [-0.25, -0.2) is 0 Å². The van der Waals surface area contributed by atoms with Crippen LogP contribution in [0.1, 0.15) is 51.0 Å². The van der Waals surface area contributed by atoms with E-state index < -0.39 is 5.54 Å². The van der Waals surface area contributed by atoms with E-state index in [9.17, 15) is 4.79 Å². The van der Waals surface area contributed by atoms with E-state index >= 15 is 0 Å². The van der Waals surface area contributed by atoms with Crippen LogP contribution >= 0.6 is 0 Å². The molecule has 24 heavy (non-hydrogen) atoms. The van der Waals surface area contributed by atoms with Gasteiger partial charge in [0.2, 0.25) is 5.91 Å². The van der Waals surface area contributed by atoms with Crippen molar-refractivity contribution in [3.05, 3.63) is 35.9 Å². The third-order valence-electron chi connectivity index (χ3n) is 5.82. The Morgan fingerprint density at radius 2 is 2.00 bits per heavy atom. The summed E-state index contributed by atoms with van der Waals surface area (Å²) in [6, 6.07) is 10.8. The van der Waals surface area contributed by atoms with Gasteiger partial charge in [-0.3, -0.25) is 9.69 Å². The number of carbonyl (C=O) groups is 1. The Kier molecular flexibility index (Phi) is 5.57. The number of nitrogens with zero attached hydrogens (tertiary/aromatic N) is 1. The highest BCUT2D eigenvalue weighted by Crippen LogP contribution is 2.27. The smallest absolute Gasteiger partial charge is 0.240 e. The Bertz CT molecular complexity index is 539. The first-order valence-corrected chi connectivity index (χ1v) is 9.43. The minimum absolute atomic E-state index is 0.0659. The largest absolute Gasteiger partial charge is 0.352 e. The van der Waals surface area contributed by atoms with Gasteiger partial charge in [0.1, 0.15) is 0 Å². The van der Waals surface area contributed by atoms with Crippen LogP contribution in [0.25, 0.3) is 0 Å². The highest BCUT2D eigenvalue weighted by atomic mass is 16.2. The van der Waals surface area contributed by atoms with E-state index in [1.165, 1.54) is 12.0 Å². The van der Waals surface area contributed by atoms with E-state index in [4.69, 9.17) is 5.73 Å². The summed E-state index contributed by atoms with van der Waals surface area (Å²) in [5, 5.41) is 3.23. The Balaban J connectivity index is 1.49. The van der Waals surface area contributed by atoms with Crippen LogP contribution in [0.3, 0.4) is 0 Å². The van der Waals surface area contributed by atoms with Crippen molar-refractivity contribution < 1.29 is 4.79 Å². The molecule has 0 aromatic heterocycles. The van der Waals surface area contributed by atoms with Gasteiger partial charge in [0.05, 0.1) is 5.54 Å². The number of benzene rings is 1. The first-order valence-electron chi connectivity index (χ1n) is 9.43. The average molecular weight is 329 g/mol. The van der Waals surface area contributed by atoms with E-state index in [0.29, 0.717) is 5.92 Å². The highest BCUT2D eigenvalue weighted by molar-refractivity contribution is 5.86. The molecule has 132 valence electrons. The monoisotopic (exact) mass is 329 g/mol.